The summed E-state index contributed by atoms with van der Waals surface area (Å²) in [5, 5.41) is 2.97. The number of amides is 3. The summed E-state index contributed by atoms with van der Waals surface area (Å²) in [6.45, 7) is 3.95. The molecule has 1 heterocycles. The molecule has 1 aromatic heterocycles. The first-order valence-electron chi connectivity index (χ1n) is 13.2. The number of ether oxygens (including phenoxy) is 3. The lowest BCUT2D eigenvalue weighted by Crippen LogP contribution is -2.44. The van der Waals surface area contributed by atoms with Gasteiger partial charge in [-0.3, -0.25) is 19.3 Å². The molecular formula is C31H33N5O6S. The molecule has 0 unspecified atom stereocenters. The third-order valence-corrected chi connectivity index (χ3v) is 7.88. The van der Waals surface area contributed by atoms with Crippen LogP contribution in [0, 0.1) is 13.8 Å². The SMILES string of the molecule is COc1cc([C@H](C(=O)NCc2ccccc2)N(C(=O)c2snc(C(N)=O)c2N)c2cccc(C)c2C)cc(OC)c1OC. The van der Waals surface area contributed by atoms with E-state index in [-0.39, 0.29) is 22.8 Å². The maximum Gasteiger partial charge on any atom is 0.273 e. The average Bonchev–Trinajstić information content (AvgIpc) is 3.41. The lowest BCUT2D eigenvalue weighted by Gasteiger charge is -2.33. The van der Waals surface area contributed by atoms with Crippen molar-refractivity contribution in [3.8, 4) is 17.2 Å². The van der Waals surface area contributed by atoms with Gasteiger partial charge in [0.15, 0.2) is 17.2 Å². The second kappa shape index (κ2) is 13.3. The van der Waals surface area contributed by atoms with Crippen LogP contribution in [0.25, 0.3) is 0 Å². The fourth-order valence-corrected chi connectivity index (χ4v) is 5.40. The molecule has 0 saturated carbocycles. The lowest BCUT2D eigenvalue weighted by atomic mass is 9.98. The Bertz CT molecular complexity index is 1630. The molecule has 11 nitrogen and oxygen atoms in total. The van der Waals surface area contributed by atoms with Gasteiger partial charge in [-0.05, 0) is 65.8 Å². The molecule has 224 valence electrons. The van der Waals surface area contributed by atoms with Crippen LogP contribution in [0.4, 0.5) is 11.4 Å². The maximum absolute atomic E-state index is 14.5. The van der Waals surface area contributed by atoms with Crippen LogP contribution < -0.4 is 35.9 Å². The predicted octanol–water partition coefficient (Wildman–Crippen LogP) is 4.17. The van der Waals surface area contributed by atoms with Crippen LogP contribution in [-0.4, -0.2) is 43.4 Å². The van der Waals surface area contributed by atoms with Crippen LogP contribution in [0.15, 0.2) is 60.7 Å². The fourth-order valence-electron chi connectivity index (χ4n) is 4.66. The van der Waals surface area contributed by atoms with Gasteiger partial charge in [0.1, 0.15) is 10.9 Å². The number of rotatable bonds is 11. The van der Waals surface area contributed by atoms with Crippen LogP contribution >= 0.6 is 11.5 Å². The first kappa shape index (κ1) is 30.8. The molecule has 1 atom stereocenters. The van der Waals surface area contributed by atoms with E-state index in [9.17, 15) is 14.4 Å². The molecule has 0 saturated heterocycles. The van der Waals surface area contributed by atoms with E-state index in [4.69, 9.17) is 25.7 Å². The molecule has 4 aromatic rings. The average molecular weight is 604 g/mol. The number of hydrogen-bond donors (Lipinski definition) is 3. The maximum atomic E-state index is 14.5. The van der Waals surface area contributed by atoms with E-state index in [1.807, 2.05) is 50.2 Å². The van der Waals surface area contributed by atoms with Crippen LogP contribution in [0.5, 0.6) is 17.2 Å². The molecule has 0 aliphatic heterocycles. The highest BCUT2D eigenvalue weighted by atomic mass is 32.1. The molecule has 0 fully saturated rings. The molecule has 12 heteroatoms. The van der Waals surface area contributed by atoms with Crippen molar-refractivity contribution in [2.24, 2.45) is 5.73 Å². The summed E-state index contributed by atoms with van der Waals surface area (Å²) in [7, 11) is 4.39. The Labute approximate surface area is 253 Å². The number of carbonyl (C=O) groups excluding carboxylic acids is 3. The summed E-state index contributed by atoms with van der Waals surface area (Å²) in [6, 6.07) is 16.8. The number of anilines is 2. The molecule has 0 spiro atoms. The first-order chi connectivity index (χ1) is 20.6. The number of carbonyl (C=O) groups is 3. The molecule has 0 aliphatic carbocycles. The zero-order valence-corrected chi connectivity index (χ0v) is 25.3. The number of nitrogens with two attached hydrogens (primary N) is 2. The molecule has 3 amide bonds. The number of primary amides is 1. The van der Waals surface area contributed by atoms with Crippen LogP contribution in [0.1, 0.15) is 48.5 Å². The highest BCUT2D eigenvalue weighted by Crippen LogP contribution is 2.43. The van der Waals surface area contributed by atoms with Gasteiger partial charge in [-0.15, -0.1) is 0 Å². The van der Waals surface area contributed by atoms with E-state index in [2.05, 4.69) is 9.69 Å². The summed E-state index contributed by atoms with van der Waals surface area (Å²) >= 11 is 0.733. The predicted molar refractivity (Wildman–Crippen MR) is 165 cm³/mol. The second-order valence-corrected chi connectivity index (χ2v) is 10.4. The highest BCUT2D eigenvalue weighted by molar-refractivity contribution is 7.09. The summed E-state index contributed by atoms with van der Waals surface area (Å²) in [4.78, 5) is 42.0. The van der Waals surface area contributed by atoms with Crippen molar-refractivity contribution < 1.29 is 28.6 Å². The number of methoxy groups -OCH3 is 3. The molecular weight excluding hydrogens is 570 g/mol. The first-order valence-corrected chi connectivity index (χ1v) is 14.0. The minimum atomic E-state index is -1.26. The molecule has 43 heavy (non-hydrogen) atoms. The van der Waals surface area contributed by atoms with Crippen LogP contribution in [0.2, 0.25) is 0 Å². The van der Waals surface area contributed by atoms with E-state index in [0.717, 1.165) is 28.2 Å². The van der Waals surface area contributed by atoms with Gasteiger partial charge in [-0.25, -0.2) is 0 Å². The number of aromatic nitrogens is 1. The van der Waals surface area contributed by atoms with Gasteiger partial charge in [0.2, 0.25) is 11.7 Å². The van der Waals surface area contributed by atoms with Gasteiger partial charge in [0.25, 0.3) is 11.8 Å². The number of hydrogen-bond acceptors (Lipinski definition) is 9. The molecule has 0 bridgehead atoms. The third-order valence-electron chi connectivity index (χ3n) is 7.03. The topological polar surface area (TPSA) is 159 Å². The van der Waals surface area contributed by atoms with Gasteiger partial charge in [-0.2, -0.15) is 4.37 Å². The van der Waals surface area contributed by atoms with Gasteiger partial charge >= 0.3 is 0 Å². The Hall–Kier alpha value is -5.10. The number of nitrogens with zero attached hydrogens (tertiary/aromatic N) is 2. The minimum Gasteiger partial charge on any atom is -0.493 e. The normalized spacial score (nSPS) is 11.4. The van der Waals surface area contributed by atoms with Crippen molar-refractivity contribution in [1.29, 1.82) is 0 Å². The van der Waals surface area contributed by atoms with Gasteiger partial charge in [0.05, 0.1) is 27.0 Å². The summed E-state index contributed by atoms with van der Waals surface area (Å²) < 4.78 is 20.7. The number of nitrogens with one attached hydrogen (secondary N) is 1. The zero-order valence-electron chi connectivity index (χ0n) is 24.5. The van der Waals surface area contributed by atoms with Crippen LogP contribution in [-0.2, 0) is 11.3 Å². The van der Waals surface area contributed by atoms with E-state index < -0.39 is 23.8 Å². The Balaban J connectivity index is 1.97. The standard InChI is InChI=1S/C31H33N5O6S/c1-17-10-9-13-21(18(17)2)36(31(39)28-24(32)25(29(33)37)35-43-28)26(30(38)34-16-19-11-7-6-8-12-19)20-14-22(40-3)27(42-5)23(15-20)41-4/h6-15,26H,16,32H2,1-5H3,(H2,33,37)(H,34,38)/t26-/m1/s1. The Kier molecular flexibility index (Phi) is 9.51. The van der Waals surface area contributed by atoms with Gasteiger partial charge in [-0.1, -0.05) is 42.5 Å². The van der Waals surface area contributed by atoms with Gasteiger partial charge in [0, 0.05) is 12.2 Å². The zero-order chi connectivity index (χ0) is 31.3. The Morgan fingerprint density at radius 3 is 2.16 bits per heavy atom. The number of aryl methyl sites for hydroxylation is 1. The van der Waals surface area contributed by atoms with Crippen molar-refractivity contribution in [3.05, 3.63) is 93.5 Å². The summed E-state index contributed by atoms with van der Waals surface area (Å²) in [5.74, 6) is -1.11. The van der Waals surface area contributed by atoms with Crippen molar-refractivity contribution in [2.75, 3.05) is 32.0 Å². The molecule has 4 rings (SSSR count). The van der Waals surface area contributed by atoms with Crippen molar-refractivity contribution in [1.82, 2.24) is 9.69 Å². The summed E-state index contributed by atoms with van der Waals surface area (Å²) in [6.07, 6.45) is 0. The summed E-state index contributed by atoms with van der Waals surface area (Å²) in [5.41, 5.74) is 14.6. The largest absolute Gasteiger partial charge is 0.493 e. The van der Waals surface area contributed by atoms with Crippen LogP contribution in [0.3, 0.4) is 0 Å². The van der Waals surface area contributed by atoms with E-state index in [1.54, 1.807) is 24.3 Å². The van der Waals surface area contributed by atoms with E-state index >= 15 is 0 Å². The van der Waals surface area contributed by atoms with Gasteiger partial charge < -0.3 is 31.0 Å². The molecule has 0 aliphatic rings. The second-order valence-electron chi connectivity index (χ2n) is 9.60. The van der Waals surface area contributed by atoms with Crippen molar-refractivity contribution >= 4 is 40.6 Å². The monoisotopic (exact) mass is 603 g/mol. The third kappa shape index (κ3) is 6.24. The fraction of sp³-hybridized carbons (Fsp3) is 0.226. The van der Waals surface area contributed by atoms with Crippen molar-refractivity contribution in [3.63, 3.8) is 0 Å². The van der Waals surface area contributed by atoms with Crippen molar-refractivity contribution in [2.45, 2.75) is 26.4 Å². The Morgan fingerprint density at radius 1 is 0.953 bits per heavy atom. The quantitative estimate of drug-likeness (QED) is 0.230. The molecule has 5 N–H and O–H groups in total. The number of nitrogen functional groups attached to an aromatic ring is 1. The molecule has 3 aromatic carbocycles. The van der Waals surface area contributed by atoms with E-state index in [0.29, 0.717) is 28.5 Å². The van der Waals surface area contributed by atoms with E-state index in [1.165, 1.54) is 26.2 Å². The highest BCUT2D eigenvalue weighted by Gasteiger charge is 2.38. The molecule has 0 radical (unpaired) electrons. The minimum absolute atomic E-state index is 0.0389. The Morgan fingerprint density at radius 2 is 1.60 bits per heavy atom. The lowest BCUT2D eigenvalue weighted by molar-refractivity contribution is -0.122. The smallest absolute Gasteiger partial charge is 0.273 e. The number of benzene rings is 3.